The molecule has 1 amide bonds. The zero-order chi connectivity index (χ0) is 28.9. The maximum atomic E-state index is 12.4. The Labute approximate surface area is 248 Å². The molecule has 3 aromatic rings. The van der Waals surface area contributed by atoms with E-state index >= 15 is 0 Å². The number of alkyl carbamates (subject to hydrolysis) is 1. The average Bonchev–Trinajstić information content (AvgIpc) is 3.71. The van der Waals surface area contributed by atoms with E-state index in [9.17, 15) is 4.79 Å². The third kappa shape index (κ3) is 5.73. The van der Waals surface area contributed by atoms with Crippen molar-refractivity contribution in [2.24, 2.45) is 17.8 Å². The monoisotopic (exact) mass is 567 g/mol. The highest BCUT2D eigenvalue weighted by Gasteiger charge is 2.53. The molecule has 2 aliphatic heterocycles. The number of nitrogens with zero attached hydrogens (tertiary/aromatic N) is 6. The largest absolute Gasteiger partial charge is 0.446 e. The summed E-state index contributed by atoms with van der Waals surface area (Å²) in [5.74, 6) is 1.29. The molecule has 1 aromatic heterocycles. The molecular weight excluding hydrogens is 526 g/mol. The van der Waals surface area contributed by atoms with E-state index in [4.69, 9.17) is 11.3 Å². The minimum Gasteiger partial charge on any atom is -0.446 e. The van der Waals surface area contributed by atoms with Crippen molar-refractivity contribution in [1.29, 1.82) is 0 Å². The predicted molar refractivity (Wildman–Crippen MR) is 162 cm³/mol. The van der Waals surface area contributed by atoms with Gasteiger partial charge in [0.25, 0.3) is 0 Å². The number of ether oxygens (including phenoxy) is 1. The summed E-state index contributed by atoms with van der Waals surface area (Å²) in [7, 11) is 1.63. The summed E-state index contributed by atoms with van der Waals surface area (Å²) in [5, 5.41) is 11.2. The standard InChI is InChI=1S/C33H41N7O2/c1-34-28-11-13-29(14-12-28)39-22-25(23-39)21-38-18-15-27(16-19-38)33(24-40-20-17-36-37-40,26-7-4-3-5-8-26)30-9-6-10-31(30)42-32(41)35-2/h3-5,7-8,11-14,17,20,25,27,30-31H,6,9-10,15-16,18-19,21-24H2,2H3,(H,35,41)/t30-,31-,33?/m0/s1. The van der Waals surface area contributed by atoms with E-state index in [0.717, 1.165) is 71.4 Å². The molecule has 3 aliphatic rings. The zero-order valence-electron chi connectivity index (χ0n) is 24.4. The van der Waals surface area contributed by atoms with Crippen LogP contribution in [-0.4, -0.2) is 71.9 Å². The molecule has 2 saturated heterocycles. The summed E-state index contributed by atoms with van der Waals surface area (Å²) in [6, 6.07) is 18.9. The lowest BCUT2D eigenvalue weighted by atomic mass is 9.58. The lowest BCUT2D eigenvalue weighted by molar-refractivity contribution is 0.000373. The van der Waals surface area contributed by atoms with Crippen molar-refractivity contribution in [3.63, 3.8) is 0 Å². The summed E-state index contributed by atoms with van der Waals surface area (Å²) in [4.78, 5) is 21.0. The molecule has 1 saturated carbocycles. The molecule has 3 heterocycles. The Balaban J connectivity index is 1.18. The van der Waals surface area contributed by atoms with Gasteiger partial charge >= 0.3 is 6.09 Å². The van der Waals surface area contributed by atoms with Crippen LogP contribution in [-0.2, 0) is 16.7 Å². The van der Waals surface area contributed by atoms with Gasteiger partial charge in [-0.1, -0.05) is 47.7 Å². The van der Waals surface area contributed by atoms with Gasteiger partial charge in [-0.3, -0.25) is 4.68 Å². The van der Waals surface area contributed by atoms with Gasteiger partial charge < -0.3 is 19.9 Å². The number of nitrogens with one attached hydrogen (secondary N) is 1. The van der Waals surface area contributed by atoms with Gasteiger partial charge in [-0.05, 0) is 68.8 Å². The van der Waals surface area contributed by atoms with Gasteiger partial charge in [0.15, 0.2) is 5.69 Å². The molecule has 2 aromatic carbocycles. The quantitative estimate of drug-likeness (QED) is 0.361. The molecular formula is C33H41N7O2. The SMILES string of the molecule is [C-]#[N+]c1ccc(N2CC(CN3CCC(C(Cn4ccnn4)(c4ccccc4)[C@H]4CCC[C@@H]4OC(=O)NC)CC3)C2)cc1. The Bertz CT molecular complexity index is 1340. The van der Waals surface area contributed by atoms with E-state index in [0.29, 0.717) is 17.5 Å². The molecule has 0 spiro atoms. The predicted octanol–water partition coefficient (Wildman–Crippen LogP) is 5.14. The Morgan fingerprint density at radius 2 is 1.83 bits per heavy atom. The second-order valence-corrected chi connectivity index (χ2v) is 12.2. The van der Waals surface area contributed by atoms with E-state index < -0.39 is 0 Å². The molecule has 0 radical (unpaired) electrons. The number of rotatable bonds is 9. The lowest BCUT2D eigenvalue weighted by Crippen LogP contribution is -2.55. The highest BCUT2D eigenvalue weighted by Crippen LogP contribution is 2.52. The van der Waals surface area contributed by atoms with Gasteiger partial charge in [0.1, 0.15) is 6.10 Å². The van der Waals surface area contributed by atoms with E-state index in [-0.39, 0.29) is 23.5 Å². The van der Waals surface area contributed by atoms with Crippen LogP contribution in [0.1, 0.15) is 37.7 Å². The van der Waals surface area contributed by atoms with Crippen molar-refractivity contribution >= 4 is 17.5 Å². The number of amides is 1. The van der Waals surface area contributed by atoms with Crippen molar-refractivity contribution < 1.29 is 9.53 Å². The van der Waals surface area contributed by atoms with Gasteiger partial charge in [0.2, 0.25) is 0 Å². The fraction of sp³-hybridized carbons (Fsp3) is 0.515. The second-order valence-electron chi connectivity index (χ2n) is 12.2. The molecule has 9 heteroatoms. The van der Waals surface area contributed by atoms with Crippen molar-refractivity contribution in [3.05, 3.63) is 84.0 Å². The topological polar surface area (TPSA) is 79.9 Å². The molecule has 1 unspecified atom stereocenters. The van der Waals surface area contributed by atoms with Crippen molar-refractivity contribution in [2.45, 2.75) is 50.2 Å². The summed E-state index contributed by atoms with van der Waals surface area (Å²) in [5.41, 5.74) is 3.00. The number of hydrogen-bond acceptors (Lipinski definition) is 6. The van der Waals surface area contributed by atoms with Crippen molar-refractivity contribution in [2.75, 3.05) is 44.7 Å². The van der Waals surface area contributed by atoms with Crippen LogP contribution in [0.5, 0.6) is 0 Å². The lowest BCUT2D eigenvalue weighted by Gasteiger charge is -2.51. The number of hydrogen-bond donors (Lipinski definition) is 1. The molecule has 220 valence electrons. The average molecular weight is 568 g/mol. The number of aromatic nitrogens is 3. The van der Waals surface area contributed by atoms with Crippen LogP contribution in [0.3, 0.4) is 0 Å². The molecule has 0 bridgehead atoms. The minimum atomic E-state index is -0.346. The maximum Gasteiger partial charge on any atom is 0.407 e. The van der Waals surface area contributed by atoms with Gasteiger partial charge in [-0.2, -0.15) is 0 Å². The summed E-state index contributed by atoms with van der Waals surface area (Å²) >= 11 is 0. The summed E-state index contributed by atoms with van der Waals surface area (Å²) in [6.07, 6.45) is 8.42. The molecule has 3 fully saturated rings. The normalized spacial score (nSPS) is 23.1. The van der Waals surface area contributed by atoms with E-state index in [1.165, 1.54) is 11.3 Å². The van der Waals surface area contributed by atoms with Crippen LogP contribution < -0.4 is 10.2 Å². The van der Waals surface area contributed by atoms with Gasteiger partial charge in [0, 0.05) is 55.8 Å². The van der Waals surface area contributed by atoms with E-state index in [1.807, 2.05) is 23.0 Å². The number of anilines is 1. The molecule has 9 nitrogen and oxygen atoms in total. The Hall–Kier alpha value is -3.90. The first kappa shape index (κ1) is 28.2. The van der Waals surface area contributed by atoms with Gasteiger partial charge in [0.05, 0.1) is 19.3 Å². The molecule has 6 rings (SSSR count). The second kappa shape index (κ2) is 12.5. The maximum absolute atomic E-state index is 12.4. The van der Waals surface area contributed by atoms with Crippen LogP contribution in [0.25, 0.3) is 4.85 Å². The molecule has 3 atom stereocenters. The van der Waals surface area contributed by atoms with Gasteiger partial charge in [-0.15, -0.1) is 5.10 Å². The third-order valence-corrected chi connectivity index (χ3v) is 9.92. The number of carbonyl (C=O) groups excluding carboxylic acids is 1. The van der Waals surface area contributed by atoms with Crippen LogP contribution in [0.15, 0.2) is 67.0 Å². The number of likely N-dealkylation sites (tertiary alicyclic amines) is 1. The van der Waals surface area contributed by atoms with E-state index in [2.05, 4.69) is 72.7 Å². The molecule has 42 heavy (non-hydrogen) atoms. The highest BCUT2D eigenvalue weighted by molar-refractivity contribution is 5.67. The fourth-order valence-electron chi connectivity index (χ4n) is 7.91. The van der Waals surface area contributed by atoms with E-state index in [1.54, 1.807) is 13.2 Å². The number of piperidine rings is 1. The first-order chi connectivity index (χ1) is 20.6. The Morgan fingerprint density at radius 3 is 2.50 bits per heavy atom. The van der Waals surface area contributed by atoms with Gasteiger partial charge in [-0.25, -0.2) is 9.64 Å². The Morgan fingerprint density at radius 1 is 1.07 bits per heavy atom. The summed E-state index contributed by atoms with van der Waals surface area (Å²) < 4.78 is 8.03. The third-order valence-electron chi connectivity index (χ3n) is 9.92. The van der Waals surface area contributed by atoms with Crippen LogP contribution >= 0.6 is 0 Å². The number of carbonyl (C=O) groups is 1. The highest BCUT2D eigenvalue weighted by atomic mass is 16.6. The smallest absolute Gasteiger partial charge is 0.407 e. The first-order valence-corrected chi connectivity index (χ1v) is 15.3. The zero-order valence-corrected chi connectivity index (χ0v) is 24.4. The minimum absolute atomic E-state index is 0.128. The first-order valence-electron chi connectivity index (χ1n) is 15.3. The molecule has 1 aliphatic carbocycles. The van der Waals surface area contributed by atoms with Crippen molar-refractivity contribution in [1.82, 2.24) is 25.2 Å². The fourth-order valence-corrected chi connectivity index (χ4v) is 7.91. The van der Waals surface area contributed by atoms with Crippen LogP contribution in [0, 0.1) is 24.3 Å². The summed E-state index contributed by atoms with van der Waals surface area (Å²) in [6.45, 7) is 13.3. The van der Waals surface area contributed by atoms with Crippen LogP contribution in [0.4, 0.5) is 16.2 Å². The Kier molecular flexibility index (Phi) is 8.43. The number of benzene rings is 2. The molecule has 1 N–H and O–H groups in total. The van der Waals surface area contributed by atoms with Crippen molar-refractivity contribution in [3.8, 4) is 0 Å². The van der Waals surface area contributed by atoms with Crippen LogP contribution in [0.2, 0.25) is 0 Å².